The standard InChI is InChI=1S/C12H21N3O/c1-3-10-7-5-6-8-15(10)9-12-13-11(4-2)14-16-12/h10H,3-9H2,1-2H3. The van der Waals surface area contributed by atoms with E-state index in [2.05, 4.69) is 22.0 Å². The van der Waals surface area contributed by atoms with Crippen LogP contribution in [0.25, 0.3) is 0 Å². The van der Waals surface area contributed by atoms with Gasteiger partial charge in [-0.05, 0) is 25.8 Å². The van der Waals surface area contributed by atoms with E-state index in [1.54, 1.807) is 0 Å². The third kappa shape index (κ3) is 2.61. The number of aryl methyl sites for hydroxylation is 1. The second kappa shape index (κ2) is 5.43. The monoisotopic (exact) mass is 223 g/mol. The smallest absolute Gasteiger partial charge is 0.240 e. The SMILES string of the molecule is CCc1noc(CN2CCCCC2CC)n1. The van der Waals surface area contributed by atoms with Crippen molar-refractivity contribution in [2.45, 2.75) is 58.5 Å². The molecule has 0 aliphatic carbocycles. The molecule has 4 heteroatoms. The summed E-state index contributed by atoms with van der Waals surface area (Å²) in [5.74, 6) is 1.59. The summed E-state index contributed by atoms with van der Waals surface area (Å²) in [6, 6.07) is 0.700. The first kappa shape index (κ1) is 11.6. The van der Waals surface area contributed by atoms with Gasteiger partial charge in [-0.25, -0.2) is 0 Å². The van der Waals surface area contributed by atoms with Crippen molar-refractivity contribution in [1.82, 2.24) is 15.0 Å². The van der Waals surface area contributed by atoms with Crippen molar-refractivity contribution in [1.29, 1.82) is 0 Å². The van der Waals surface area contributed by atoms with Crippen LogP contribution in [-0.2, 0) is 13.0 Å². The lowest BCUT2D eigenvalue weighted by Gasteiger charge is -2.33. The zero-order valence-electron chi connectivity index (χ0n) is 10.3. The third-order valence-corrected chi connectivity index (χ3v) is 3.39. The number of hydrogen-bond acceptors (Lipinski definition) is 4. The summed E-state index contributed by atoms with van der Waals surface area (Å²) in [4.78, 5) is 6.85. The molecule has 1 aliphatic heterocycles. The molecule has 2 rings (SSSR count). The van der Waals surface area contributed by atoms with Gasteiger partial charge in [0, 0.05) is 12.5 Å². The van der Waals surface area contributed by atoms with Crippen LogP contribution in [-0.4, -0.2) is 27.6 Å². The third-order valence-electron chi connectivity index (χ3n) is 3.39. The summed E-state index contributed by atoms with van der Waals surface area (Å²) in [7, 11) is 0. The average Bonchev–Trinajstić information content (AvgIpc) is 2.77. The Morgan fingerprint density at radius 1 is 1.38 bits per heavy atom. The maximum atomic E-state index is 5.25. The van der Waals surface area contributed by atoms with Crippen molar-refractivity contribution in [3.05, 3.63) is 11.7 Å². The van der Waals surface area contributed by atoms with Crippen molar-refractivity contribution in [2.75, 3.05) is 6.54 Å². The van der Waals surface area contributed by atoms with Crippen LogP contribution >= 0.6 is 0 Å². The van der Waals surface area contributed by atoms with Crippen molar-refractivity contribution in [2.24, 2.45) is 0 Å². The fourth-order valence-corrected chi connectivity index (χ4v) is 2.40. The largest absolute Gasteiger partial charge is 0.338 e. The predicted octanol–water partition coefficient (Wildman–Crippen LogP) is 2.40. The summed E-state index contributed by atoms with van der Waals surface area (Å²) in [6.45, 7) is 6.30. The number of likely N-dealkylation sites (tertiary alicyclic amines) is 1. The summed E-state index contributed by atoms with van der Waals surface area (Å²) in [6.07, 6.45) is 6.03. The average molecular weight is 223 g/mol. The van der Waals surface area contributed by atoms with Gasteiger partial charge in [0.05, 0.1) is 6.54 Å². The van der Waals surface area contributed by atoms with E-state index in [4.69, 9.17) is 4.52 Å². The Morgan fingerprint density at radius 3 is 2.94 bits per heavy atom. The lowest BCUT2D eigenvalue weighted by atomic mass is 10.0. The molecule has 1 saturated heterocycles. The molecule has 0 spiro atoms. The first-order valence-electron chi connectivity index (χ1n) is 6.39. The van der Waals surface area contributed by atoms with Gasteiger partial charge in [0.1, 0.15) is 0 Å². The van der Waals surface area contributed by atoms with Gasteiger partial charge < -0.3 is 4.52 Å². The van der Waals surface area contributed by atoms with E-state index in [9.17, 15) is 0 Å². The minimum Gasteiger partial charge on any atom is -0.338 e. The summed E-state index contributed by atoms with van der Waals surface area (Å²) in [5.41, 5.74) is 0. The van der Waals surface area contributed by atoms with Crippen LogP contribution < -0.4 is 0 Å². The highest BCUT2D eigenvalue weighted by Crippen LogP contribution is 2.21. The molecule has 2 heterocycles. The molecule has 4 nitrogen and oxygen atoms in total. The van der Waals surface area contributed by atoms with Gasteiger partial charge in [0.15, 0.2) is 5.82 Å². The Labute approximate surface area is 97.0 Å². The number of piperidine rings is 1. The molecule has 1 aromatic rings. The Kier molecular flexibility index (Phi) is 3.93. The molecular weight excluding hydrogens is 202 g/mol. The molecule has 1 atom stereocenters. The summed E-state index contributed by atoms with van der Waals surface area (Å²) in [5, 5.41) is 3.94. The number of nitrogens with zero attached hydrogens (tertiary/aromatic N) is 3. The molecule has 1 fully saturated rings. The molecule has 0 amide bonds. The maximum absolute atomic E-state index is 5.25. The first-order chi connectivity index (χ1) is 7.83. The van der Waals surface area contributed by atoms with Crippen LogP contribution in [0.3, 0.4) is 0 Å². The normalized spacial score (nSPS) is 22.5. The first-order valence-corrected chi connectivity index (χ1v) is 6.39. The number of hydrogen-bond donors (Lipinski definition) is 0. The van der Waals surface area contributed by atoms with Crippen LogP contribution in [0.2, 0.25) is 0 Å². The van der Waals surface area contributed by atoms with Crippen LogP contribution in [0.5, 0.6) is 0 Å². The van der Waals surface area contributed by atoms with Crippen molar-refractivity contribution < 1.29 is 4.52 Å². The van der Waals surface area contributed by atoms with Gasteiger partial charge in [-0.1, -0.05) is 25.4 Å². The van der Waals surface area contributed by atoms with Gasteiger partial charge >= 0.3 is 0 Å². The van der Waals surface area contributed by atoms with Crippen molar-refractivity contribution in [3.8, 4) is 0 Å². The van der Waals surface area contributed by atoms with Crippen molar-refractivity contribution >= 4 is 0 Å². The zero-order valence-corrected chi connectivity index (χ0v) is 10.3. The van der Waals surface area contributed by atoms with Gasteiger partial charge in [0.2, 0.25) is 5.89 Å². The Bertz CT molecular complexity index is 324. The van der Waals surface area contributed by atoms with E-state index in [0.717, 1.165) is 24.7 Å². The molecule has 16 heavy (non-hydrogen) atoms. The van der Waals surface area contributed by atoms with E-state index in [-0.39, 0.29) is 0 Å². The molecule has 0 N–H and O–H groups in total. The van der Waals surface area contributed by atoms with Gasteiger partial charge in [-0.15, -0.1) is 0 Å². The number of rotatable bonds is 4. The number of aromatic nitrogens is 2. The molecule has 0 aromatic carbocycles. The molecule has 1 aliphatic rings. The van der Waals surface area contributed by atoms with Crippen LogP contribution in [0, 0.1) is 0 Å². The van der Waals surface area contributed by atoms with E-state index < -0.39 is 0 Å². The molecule has 0 saturated carbocycles. The quantitative estimate of drug-likeness (QED) is 0.786. The van der Waals surface area contributed by atoms with E-state index in [1.165, 1.54) is 32.2 Å². The zero-order chi connectivity index (χ0) is 11.4. The van der Waals surface area contributed by atoms with E-state index in [0.29, 0.717) is 6.04 Å². The van der Waals surface area contributed by atoms with Crippen LogP contribution in [0.15, 0.2) is 4.52 Å². The predicted molar refractivity (Wildman–Crippen MR) is 62.0 cm³/mol. The fraction of sp³-hybridized carbons (Fsp3) is 0.833. The maximum Gasteiger partial charge on any atom is 0.240 e. The second-order valence-corrected chi connectivity index (χ2v) is 4.49. The Balaban J connectivity index is 1.96. The van der Waals surface area contributed by atoms with Gasteiger partial charge in [-0.3, -0.25) is 4.90 Å². The minimum atomic E-state index is 0.700. The molecule has 0 bridgehead atoms. The molecular formula is C12H21N3O. The van der Waals surface area contributed by atoms with Crippen LogP contribution in [0.1, 0.15) is 51.2 Å². The lowest BCUT2D eigenvalue weighted by molar-refractivity contribution is 0.120. The second-order valence-electron chi connectivity index (χ2n) is 4.49. The Morgan fingerprint density at radius 2 is 2.25 bits per heavy atom. The molecule has 1 unspecified atom stereocenters. The highest BCUT2D eigenvalue weighted by Gasteiger charge is 2.22. The highest BCUT2D eigenvalue weighted by atomic mass is 16.5. The Hall–Kier alpha value is -0.900. The lowest BCUT2D eigenvalue weighted by Crippen LogP contribution is -2.38. The molecule has 0 radical (unpaired) electrons. The molecule has 1 aromatic heterocycles. The highest BCUT2D eigenvalue weighted by molar-refractivity contribution is 4.87. The van der Waals surface area contributed by atoms with E-state index >= 15 is 0 Å². The van der Waals surface area contributed by atoms with Crippen molar-refractivity contribution in [3.63, 3.8) is 0 Å². The van der Waals surface area contributed by atoms with E-state index in [1.807, 2.05) is 6.92 Å². The minimum absolute atomic E-state index is 0.700. The van der Waals surface area contributed by atoms with Gasteiger partial charge in [-0.2, -0.15) is 4.98 Å². The topological polar surface area (TPSA) is 42.2 Å². The summed E-state index contributed by atoms with van der Waals surface area (Å²) < 4.78 is 5.25. The van der Waals surface area contributed by atoms with Crippen LogP contribution in [0.4, 0.5) is 0 Å². The summed E-state index contributed by atoms with van der Waals surface area (Å²) >= 11 is 0. The molecule has 90 valence electrons. The fourth-order valence-electron chi connectivity index (χ4n) is 2.40. The van der Waals surface area contributed by atoms with Gasteiger partial charge in [0.25, 0.3) is 0 Å².